The van der Waals surface area contributed by atoms with Gasteiger partial charge < -0.3 is 0 Å². The topological polar surface area (TPSA) is 66.9 Å². The fraction of sp³-hybridized carbons (Fsp3) is 0.300. The molecule has 72 valence electrons. The van der Waals surface area contributed by atoms with Gasteiger partial charge in [0.15, 0.2) is 0 Å². The lowest BCUT2D eigenvalue weighted by atomic mass is 10.1. The lowest BCUT2D eigenvalue weighted by Crippen LogP contribution is -2.01. The van der Waals surface area contributed by atoms with Crippen molar-refractivity contribution in [2.45, 2.75) is 12.8 Å². The quantitative estimate of drug-likeness (QED) is 0.536. The second-order valence-corrected chi connectivity index (χ2v) is 2.97. The molecule has 0 spiro atoms. The van der Waals surface area contributed by atoms with Gasteiger partial charge in [-0.3, -0.25) is 10.1 Å². The highest BCUT2D eigenvalue weighted by molar-refractivity contribution is 5.31. The molecule has 0 aliphatic carbocycles. The maximum Gasteiger partial charge on any atom is 0.204 e. The van der Waals surface area contributed by atoms with Gasteiger partial charge in [-0.1, -0.05) is 12.1 Å². The highest BCUT2D eigenvalue weighted by Crippen LogP contribution is 2.05. The van der Waals surface area contributed by atoms with Crippen molar-refractivity contribution in [2.75, 3.05) is 6.54 Å². The standard InChI is InChI=1S/C10H10N2O2/c11-8-10-5-3-9(4-6-10)2-1-7-12(13)14/h3-6H,1-2,7H2. The van der Waals surface area contributed by atoms with Gasteiger partial charge in [0, 0.05) is 11.3 Å². The molecular formula is C10H10N2O2. The third-order valence-electron chi connectivity index (χ3n) is 1.89. The first-order valence-corrected chi connectivity index (χ1v) is 4.33. The summed E-state index contributed by atoms with van der Waals surface area (Å²) in [5, 5.41) is 18.6. The van der Waals surface area contributed by atoms with Crippen LogP contribution in [0.25, 0.3) is 0 Å². The molecule has 0 heterocycles. The van der Waals surface area contributed by atoms with E-state index in [0.29, 0.717) is 18.4 Å². The summed E-state index contributed by atoms with van der Waals surface area (Å²) in [6, 6.07) is 9.13. The molecule has 0 N–H and O–H groups in total. The summed E-state index contributed by atoms with van der Waals surface area (Å²) < 4.78 is 0. The smallest absolute Gasteiger partial charge is 0.204 e. The van der Waals surface area contributed by atoms with Gasteiger partial charge >= 0.3 is 0 Å². The maximum atomic E-state index is 10.1. The second kappa shape index (κ2) is 4.97. The van der Waals surface area contributed by atoms with E-state index in [9.17, 15) is 10.1 Å². The molecule has 0 bridgehead atoms. The van der Waals surface area contributed by atoms with Crippen LogP contribution in [0, 0.1) is 21.4 Å². The number of hydrogen-bond donors (Lipinski definition) is 0. The molecule has 14 heavy (non-hydrogen) atoms. The van der Waals surface area contributed by atoms with Crippen molar-refractivity contribution in [3.8, 4) is 6.07 Å². The van der Waals surface area contributed by atoms with Gasteiger partial charge in [0.2, 0.25) is 6.54 Å². The number of benzene rings is 1. The van der Waals surface area contributed by atoms with E-state index in [4.69, 9.17) is 5.26 Å². The van der Waals surface area contributed by atoms with E-state index < -0.39 is 0 Å². The van der Waals surface area contributed by atoms with Crippen LogP contribution in [-0.2, 0) is 6.42 Å². The molecular weight excluding hydrogens is 180 g/mol. The van der Waals surface area contributed by atoms with Crippen molar-refractivity contribution in [1.82, 2.24) is 0 Å². The van der Waals surface area contributed by atoms with E-state index >= 15 is 0 Å². The average Bonchev–Trinajstić information content (AvgIpc) is 2.18. The van der Waals surface area contributed by atoms with Crippen LogP contribution in [0.4, 0.5) is 0 Å². The summed E-state index contributed by atoms with van der Waals surface area (Å²) in [5.41, 5.74) is 1.65. The molecule has 4 nitrogen and oxygen atoms in total. The zero-order chi connectivity index (χ0) is 10.4. The molecule has 0 fully saturated rings. The lowest BCUT2D eigenvalue weighted by molar-refractivity contribution is -0.480. The van der Waals surface area contributed by atoms with Gasteiger partial charge in [-0.05, 0) is 24.1 Å². The zero-order valence-electron chi connectivity index (χ0n) is 7.64. The monoisotopic (exact) mass is 190 g/mol. The molecule has 4 heteroatoms. The highest BCUT2D eigenvalue weighted by Gasteiger charge is 1.98. The van der Waals surface area contributed by atoms with Crippen LogP contribution < -0.4 is 0 Å². The number of nitro groups is 1. The third-order valence-corrected chi connectivity index (χ3v) is 1.89. The molecule has 1 aromatic rings. The van der Waals surface area contributed by atoms with Crippen LogP contribution in [0.5, 0.6) is 0 Å². The second-order valence-electron chi connectivity index (χ2n) is 2.97. The average molecular weight is 190 g/mol. The fourth-order valence-corrected chi connectivity index (χ4v) is 1.16. The van der Waals surface area contributed by atoms with Crippen molar-refractivity contribution in [1.29, 1.82) is 5.26 Å². The summed E-state index contributed by atoms with van der Waals surface area (Å²) in [7, 11) is 0. The third kappa shape index (κ3) is 3.23. The van der Waals surface area contributed by atoms with E-state index in [0.717, 1.165) is 5.56 Å². The van der Waals surface area contributed by atoms with Gasteiger partial charge in [0.25, 0.3) is 0 Å². The van der Waals surface area contributed by atoms with Crippen LogP contribution in [0.2, 0.25) is 0 Å². The largest absolute Gasteiger partial charge is 0.265 e. The minimum Gasteiger partial charge on any atom is -0.265 e. The Morgan fingerprint density at radius 3 is 2.50 bits per heavy atom. The summed E-state index contributed by atoms with van der Waals surface area (Å²) in [6.45, 7) is 0.00000142. The molecule has 0 aliphatic rings. The van der Waals surface area contributed by atoms with Crippen molar-refractivity contribution >= 4 is 0 Å². The molecule has 0 radical (unpaired) electrons. The van der Waals surface area contributed by atoms with Gasteiger partial charge in [-0.2, -0.15) is 5.26 Å². The number of nitrogens with zero attached hydrogens (tertiary/aromatic N) is 2. The minimum atomic E-state index is -0.316. The molecule has 0 aromatic heterocycles. The molecule has 1 aromatic carbocycles. The summed E-state index contributed by atoms with van der Waals surface area (Å²) in [6.07, 6.45) is 1.23. The molecule has 0 saturated heterocycles. The number of aryl methyl sites for hydroxylation is 1. The summed E-state index contributed by atoms with van der Waals surface area (Å²) in [5.74, 6) is 0. The summed E-state index contributed by atoms with van der Waals surface area (Å²) in [4.78, 5) is 9.74. The molecule has 0 saturated carbocycles. The van der Waals surface area contributed by atoms with E-state index in [2.05, 4.69) is 0 Å². The van der Waals surface area contributed by atoms with E-state index in [1.807, 2.05) is 18.2 Å². The van der Waals surface area contributed by atoms with Crippen LogP contribution in [0.15, 0.2) is 24.3 Å². The Bertz CT molecular complexity index is 351. The first-order valence-electron chi connectivity index (χ1n) is 4.33. The van der Waals surface area contributed by atoms with Gasteiger partial charge in [0.1, 0.15) is 0 Å². The molecule has 0 amide bonds. The van der Waals surface area contributed by atoms with Crippen LogP contribution >= 0.6 is 0 Å². The fourth-order valence-electron chi connectivity index (χ4n) is 1.16. The van der Waals surface area contributed by atoms with Crippen LogP contribution in [-0.4, -0.2) is 11.5 Å². The van der Waals surface area contributed by atoms with Gasteiger partial charge in [-0.25, -0.2) is 0 Å². The van der Waals surface area contributed by atoms with Crippen molar-refractivity contribution in [2.24, 2.45) is 0 Å². The van der Waals surface area contributed by atoms with Crippen molar-refractivity contribution in [3.05, 3.63) is 45.5 Å². The number of hydrogen-bond acceptors (Lipinski definition) is 3. The summed E-state index contributed by atoms with van der Waals surface area (Å²) >= 11 is 0. The van der Waals surface area contributed by atoms with E-state index in [1.54, 1.807) is 12.1 Å². The minimum absolute atomic E-state index is 0.00000142. The number of rotatable bonds is 4. The molecule has 0 unspecified atom stereocenters. The Balaban J connectivity index is 2.45. The first kappa shape index (κ1) is 10.2. The Kier molecular flexibility index (Phi) is 3.62. The maximum absolute atomic E-state index is 10.1. The van der Waals surface area contributed by atoms with E-state index in [-0.39, 0.29) is 11.5 Å². The normalized spacial score (nSPS) is 9.36. The van der Waals surface area contributed by atoms with E-state index in [1.165, 1.54) is 0 Å². The number of nitriles is 1. The predicted octanol–water partition coefficient (Wildman–Crippen LogP) is 1.77. The van der Waals surface area contributed by atoms with Crippen molar-refractivity contribution < 1.29 is 4.92 Å². The SMILES string of the molecule is N#Cc1ccc(CCC[N+](=O)[O-])cc1. The Labute approximate surface area is 81.9 Å². The highest BCUT2D eigenvalue weighted by atomic mass is 16.6. The molecule has 0 atom stereocenters. The Morgan fingerprint density at radius 1 is 1.36 bits per heavy atom. The van der Waals surface area contributed by atoms with Gasteiger partial charge in [-0.15, -0.1) is 0 Å². The Morgan fingerprint density at radius 2 is 2.00 bits per heavy atom. The lowest BCUT2D eigenvalue weighted by Gasteiger charge is -1.97. The van der Waals surface area contributed by atoms with Gasteiger partial charge in [0.05, 0.1) is 11.6 Å². The predicted molar refractivity (Wildman–Crippen MR) is 51.3 cm³/mol. The molecule has 0 aliphatic heterocycles. The molecule has 1 rings (SSSR count). The van der Waals surface area contributed by atoms with Crippen LogP contribution in [0.3, 0.4) is 0 Å². The zero-order valence-corrected chi connectivity index (χ0v) is 7.64. The first-order chi connectivity index (χ1) is 6.72. The Hall–Kier alpha value is -1.89. The van der Waals surface area contributed by atoms with Crippen LogP contribution in [0.1, 0.15) is 17.5 Å². The van der Waals surface area contributed by atoms with Crippen molar-refractivity contribution in [3.63, 3.8) is 0 Å².